The Morgan fingerprint density at radius 3 is 2.55 bits per heavy atom. The van der Waals surface area contributed by atoms with Crippen molar-refractivity contribution >= 4 is 67.8 Å². The number of hydrogen-bond donors (Lipinski definition) is 2. The topological polar surface area (TPSA) is 196 Å². The summed E-state index contributed by atoms with van der Waals surface area (Å²) in [6.07, 6.45) is 0. The van der Waals surface area contributed by atoms with Gasteiger partial charge in [0.15, 0.2) is 27.2 Å². The zero-order valence-corrected chi connectivity index (χ0v) is 20.5. The van der Waals surface area contributed by atoms with Crippen molar-refractivity contribution in [2.75, 3.05) is 25.4 Å². The molecule has 2 rings (SSSR count). The molecule has 1 aliphatic rings. The van der Waals surface area contributed by atoms with E-state index in [0.717, 1.165) is 25.6 Å². The van der Waals surface area contributed by atoms with Crippen LogP contribution in [0.2, 0.25) is 0 Å². The molecule has 1 fully saturated rings. The van der Waals surface area contributed by atoms with Gasteiger partial charge in [-0.15, -0.1) is 22.9 Å². The van der Waals surface area contributed by atoms with Crippen molar-refractivity contribution in [3.63, 3.8) is 0 Å². The van der Waals surface area contributed by atoms with E-state index in [1.807, 2.05) is 0 Å². The first kappa shape index (κ1) is 27.2. The average Bonchev–Trinajstić information content (AvgIpc) is 3.13. The van der Waals surface area contributed by atoms with Gasteiger partial charge in [0.05, 0.1) is 7.11 Å². The summed E-state index contributed by atoms with van der Waals surface area (Å²) in [7, 11) is -3.29. The van der Waals surface area contributed by atoms with E-state index in [-0.39, 0.29) is 50.6 Å². The van der Waals surface area contributed by atoms with Gasteiger partial charge in [-0.05, 0) is 0 Å². The molecular formula is C13H13ClN5NaO9S2. The summed E-state index contributed by atoms with van der Waals surface area (Å²) in [4.78, 5) is 56.2. The molecule has 1 aliphatic heterocycles. The summed E-state index contributed by atoms with van der Waals surface area (Å²) in [5.74, 6) is -4.52. The molecule has 31 heavy (non-hydrogen) atoms. The van der Waals surface area contributed by atoms with Crippen molar-refractivity contribution < 1.29 is 71.3 Å². The van der Waals surface area contributed by atoms with Crippen LogP contribution < -0.4 is 40.2 Å². The minimum atomic E-state index is -5.32. The van der Waals surface area contributed by atoms with Crippen molar-refractivity contribution in [2.24, 2.45) is 5.16 Å². The van der Waals surface area contributed by atoms with Crippen LogP contribution in [0.1, 0.15) is 5.69 Å². The monoisotopic (exact) mass is 505 g/mol. The van der Waals surface area contributed by atoms with Crippen LogP contribution in [-0.4, -0.2) is 83.8 Å². The van der Waals surface area contributed by atoms with Crippen LogP contribution in [0.15, 0.2) is 10.5 Å². The van der Waals surface area contributed by atoms with Gasteiger partial charge in [-0.25, -0.2) is 22.5 Å². The summed E-state index contributed by atoms with van der Waals surface area (Å²) in [6, 6.07) is -3.59. The minimum absolute atomic E-state index is 0. The van der Waals surface area contributed by atoms with Crippen molar-refractivity contribution in [1.29, 1.82) is 0 Å². The number of carbonyl (C=O) groups is 4. The fourth-order valence-corrected chi connectivity index (χ4v) is 3.90. The number of rotatable bonds is 8. The number of oxime groups is 1. The fourth-order valence-electron chi connectivity index (χ4n) is 2.30. The van der Waals surface area contributed by atoms with Gasteiger partial charge in [0.25, 0.3) is 11.8 Å². The first-order valence-corrected chi connectivity index (χ1v) is 10.4. The van der Waals surface area contributed by atoms with Crippen LogP contribution in [0, 0.1) is 0 Å². The number of nitrogens with one attached hydrogen (secondary N) is 2. The normalized spacial score (nSPS) is 18.4. The molecular weight excluding hydrogens is 493 g/mol. The number of esters is 1. The number of ether oxygens (including phenoxy) is 1. The van der Waals surface area contributed by atoms with E-state index in [4.69, 9.17) is 11.6 Å². The number of methoxy groups -OCH3 is 1. The van der Waals surface area contributed by atoms with E-state index in [1.165, 1.54) is 5.38 Å². The largest absolute Gasteiger partial charge is 1.00 e. The van der Waals surface area contributed by atoms with Crippen molar-refractivity contribution in [2.45, 2.75) is 12.1 Å². The standard InChI is InChI=1S/C13H14ClN5O9S2.Na/c1-27-12(23)9-8(11(22)19(9)30(24,25)26)17-10(21)7(18-28-2)5-4-29-13(15-5)16-6(20)3-14;/h4,8-9H,3H2,1-2H3,(H,17,21)(H,15,16,20)(H,24,25,26);/q;+1/p-1/t8-,9-;/m1./s1. The minimum Gasteiger partial charge on any atom is -0.731 e. The SMILES string of the molecule is CON=C(C(=O)N[C@H]1C(=O)N(S(=O)(=O)[O-])[C@H]1C(=O)OC)c1csc(NC(=O)CCl)n1.[Na+]. The van der Waals surface area contributed by atoms with Gasteiger partial charge in [0.2, 0.25) is 5.91 Å². The first-order valence-electron chi connectivity index (χ1n) is 7.65. The molecule has 0 aliphatic carbocycles. The third kappa shape index (κ3) is 6.12. The van der Waals surface area contributed by atoms with Crippen LogP contribution >= 0.6 is 22.9 Å². The predicted molar refractivity (Wildman–Crippen MR) is 99.3 cm³/mol. The molecule has 2 heterocycles. The van der Waals surface area contributed by atoms with E-state index >= 15 is 0 Å². The number of aromatic nitrogens is 1. The van der Waals surface area contributed by atoms with Crippen molar-refractivity contribution in [3.05, 3.63) is 11.1 Å². The number of thiazole rings is 1. The zero-order chi connectivity index (χ0) is 22.6. The number of anilines is 1. The van der Waals surface area contributed by atoms with Crippen LogP contribution in [0.3, 0.4) is 0 Å². The number of alkyl halides is 1. The van der Waals surface area contributed by atoms with Crippen LogP contribution in [0.5, 0.6) is 0 Å². The van der Waals surface area contributed by atoms with Gasteiger partial charge in [-0.3, -0.25) is 14.4 Å². The van der Waals surface area contributed by atoms with Gasteiger partial charge < -0.3 is 24.8 Å². The van der Waals surface area contributed by atoms with Gasteiger partial charge >= 0.3 is 35.5 Å². The first-order chi connectivity index (χ1) is 14.0. The van der Waals surface area contributed by atoms with E-state index < -0.39 is 51.8 Å². The summed E-state index contributed by atoms with van der Waals surface area (Å²) in [5, 5.41) is 9.35. The molecule has 18 heteroatoms. The van der Waals surface area contributed by atoms with Crippen LogP contribution in [0.4, 0.5) is 5.13 Å². The molecule has 1 aromatic rings. The Labute approximate surface area is 206 Å². The quantitative estimate of drug-likeness (QED) is 0.0656. The molecule has 1 saturated heterocycles. The fraction of sp³-hybridized carbons (Fsp3) is 0.385. The van der Waals surface area contributed by atoms with Gasteiger partial charge in [0.1, 0.15) is 24.7 Å². The smallest absolute Gasteiger partial charge is 0.731 e. The molecule has 0 unspecified atom stereocenters. The molecule has 0 aromatic carbocycles. The molecule has 1 aromatic heterocycles. The number of amides is 3. The van der Waals surface area contributed by atoms with E-state index in [9.17, 15) is 32.1 Å². The molecule has 2 N–H and O–H groups in total. The Hall–Kier alpha value is -1.82. The molecule has 0 spiro atoms. The molecule has 14 nitrogen and oxygen atoms in total. The number of nitrogens with zero attached hydrogens (tertiary/aromatic N) is 3. The van der Waals surface area contributed by atoms with Crippen molar-refractivity contribution in [1.82, 2.24) is 14.6 Å². The Balaban J connectivity index is 0.00000480. The molecule has 3 amide bonds. The Kier molecular flexibility index (Phi) is 9.80. The van der Waals surface area contributed by atoms with Crippen LogP contribution in [0.25, 0.3) is 0 Å². The molecule has 0 radical (unpaired) electrons. The molecule has 164 valence electrons. The van der Waals surface area contributed by atoms with E-state index in [0.29, 0.717) is 0 Å². The van der Waals surface area contributed by atoms with Gasteiger partial charge in [-0.2, -0.15) is 0 Å². The second-order valence-corrected chi connectivity index (χ2v) is 7.73. The number of β-lactam (4-membered cyclic amide) rings is 1. The Morgan fingerprint density at radius 2 is 2.03 bits per heavy atom. The Morgan fingerprint density at radius 1 is 1.39 bits per heavy atom. The number of halogens is 1. The van der Waals surface area contributed by atoms with Crippen LogP contribution in [-0.2, 0) is 39.1 Å². The summed E-state index contributed by atoms with van der Waals surface area (Å²) in [6.45, 7) is 0. The summed E-state index contributed by atoms with van der Waals surface area (Å²) < 4.78 is 37.7. The van der Waals surface area contributed by atoms with Crippen molar-refractivity contribution in [3.8, 4) is 0 Å². The van der Waals surface area contributed by atoms with Gasteiger partial charge in [-0.1, -0.05) is 5.16 Å². The Bertz CT molecular complexity index is 1010. The molecule has 2 atom stereocenters. The number of carbonyl (C=O) groups excluding carboxylic acids is 4. The maximum Gasteiger partial charge on any atom is 1.00 e. The summed E-state index contributed by atoms with van der Waals surface area (Å²) >= 11 is 6.31. The average molecular weight is 506 g/mol. The zero-order valence-electron chi connectivity index (χ0n) is 16.1. The molecule has 0 saturated carbocycles. The van der Waals surface area contributed by atoms with Gasteiger partial charge in [0, 0.05) is 5.38 Å². The second-order valence-electron chi connectivity index (χ2n) is 5.35. The summed E-state index contributed by atoms with van der Waals surface area (Å²) in [5.41, 5.74) is -0.529. The number of hydrogen-bond acceptors (Lipinski definition) is 12. The third-order valence-corrected chi connectivity index (χ3v) is 5.42. The second kappa shape index (κ2) is 11.2. The van der Waals surface area contributed by atoms with E-state index in [2.05, 4.69) is 30.3 Å². The predicted octanol–water partition coefficient (Wildman–Crippen LogP) is -5.00. The maximum atomic E-state index is 12.6. The molecule has 0 bridgehead atoms. The third-order valence-electron chi connectivity index (χ3n) is 3.53. The van der Waals surface area contributed by atoms with E-state index in [1.54, 1.807) is 0 Å². The maximum absolute atomic E-state index is 12.6.